The standard InChI is InChI=1S/C12H25NOS/c1-3-13-11(2)6-5-9-15-10-12-7-4-8-14-12/h11-13H,3-10H2,1-2H3. The zero-order valence-electron chi connectivity index (χ0n) is 10.1. The molecule has 1 N–H and O–H groups in total. The van der Waals surface area contributed by atoms with Crippen LogP contribution in [-0.2, 0) is 4.74 Å². The van der Waals surface area contributed by atoms with Crippen LogP contribution in [0.3, 0.4) is 0 Å². The molecular weight excluding hydrogens is 206 g/mol. The molecule has 0 aromatic heterocycles. The van der Waals surface area contributed by atoms with Crippen molar-refractivity contribution in [2.24, 2.45) is 0 Å². The molecule has 0 saturated carbocycles. The first-order chi connectivity index (χ1) is 7.33. The van der Waals surface area contributed by atoms with E-state index in [0.717, 1.165) is 13.2 Å². The van der Waals surface area contributed by atoms with Crippen molar-refractivity contribution in [3.8, 4) is 0 Å². The van der Waals surface area contributed by atoms with Crippen LogP contribution in [-0.4, -0.2) is 36.8 Å². The van der Waals surface area contributed by atoms with E-state index in [4.69, 9.17) is 4.74 Å². The summed E-state index contributed by atoms with van der Waals surface area (Å²) < 4.78 is 5.59. The maximum absolute atomic E-state index is 5.59. The second kappa shape index (κ2) is 8.43. The molecule has 1 saturated heterocycles. The van der Waals surface area contributed by atoms with Gasteiger partial charge in [0.2, 0.25) is 0 Å². The van der Waals surface area contributed by atoms with E-state index >= 15 is 0 Å². The molecule has 0 aromatic rings. The molecule has 0 bridgehead atoms. The maximum atomic E-state index is 5.59. The fraction of sp³-hybridized carbons (Fsp3) is 1.00. The van der Waals surface area contributed by atoms with Crippen LogP contribution >= 0.6 is 11.8 Å². The Labute approximate surface area is 98.5 Å². The van der Waals surface area contributed by atoms with E-state index in [2.05, 4.69) is 30.9 Å². The monoisotopic (exact) mass is 231 g/mol. The van der Waals surface area contributed by atoms with E-state index in [9.17, 15) is 0 Å². The van der Waals surface area contributed by atoms with Gasteiger partial charge in [0.05, 0.1) is 6.10 Å². The Morgan fingerprint density at radius 1 is 1.53 bits per heavy atom. The third-order valence-electron chi connectivity index (χ3n) is 2.81. The fourth-order valence-corrected chi connectivity index (χ4v) is 3.00. The van der Waals surface area contributed by atoms with Crippen LogP contribution in [0.15, 0.2) is 0 Å². The van der Waals surface area contributed by atoms with Gasteiger partial charge in [0.25, 0.3) is 0 Å². The summed E-state index contributed by atoms with van der Waals surface area (Å²) in [5.41, 5.74) is 0. The Balaban J connectivity index is 1.84. The summed E-state index contributed by atoms with van der Waals surface area (Å²) >= 11 is 2.06. The summed E-state index contributed by atoms with van der Waals surface area (Å²) in [6.07, 6.45) is 5.72. The molecule has 0 radical (unpaired) electrons. The molecule has 0 spiro atoms. The van der Waals surface area contributed by atoms with Crippen molar-refractivity contribution in [1.29, 1.82) is 0 Å². The lowest BCUT2D eigenvalue weighted by atomic mass is 10.2. The molecule has 15 heavy (non-hydrogen) atoms. The molecule has 3 heteroatoms. The quantitative estimate of drug-likeness (QED) is 0.649. The van der Waals surface area contributed by atoms with Crippen LogP contribution in [0.25, 0.3) is 0 Å². The molecule has 0 aliphatic carbocycles. The number of thioether (sulfide) groups is 1. The number of hydrogen-bond acceptors (Lipinski definition) is 3. The maximum Gasteiger partial charge on any atom is 0.0666 e. The first-order valence-corrected chi connectivity index (χ1v) is 7.41. The van der Waals surface area contributed by atoms with Crippen LogP contribution in [0.1, 0.15) is 39.5 Å². The number of hydrogen-bond donors (Lipinski definition) is 1. The molecule has 1 fully saturated rings. The van der Waals surface area contributed by atoms with Crippen molar-refractivity contribution in [3.63, 3.8) is 0 Å². The summed E-state index contributed by atoms with van der Waals surface area (Å²) in [7, 11) is 0. The predicted octanol–water partition coefficient (Wildman–Crippen LogP) is 2.68. The normalized spacial score (nSPS) is 23.2. The molecule has 90 valence electrons. The van der Waals surface area contributed by atoms with E-state index < -0.39 is 0 Å². The molecule has 2 nitrogen and oxygen atoms in total. The Kier molecular flexibility index (Phi) is 7.49. The van der Waals surface area contributed by atoms with Crippen molar-refractivity contribution >= 4 is 11.8 Å². The summed E-state index contributed by atoms with van der Waals surface area (Å²) in [5.74, 6) is 2.49. The van der Waals surface area contributed by atoms with Gasteiger partial charge in [-0.25, -0.2) is 0 Å². The van der Waals surface area contributed by atoms with Crippen molar-refractivity contribution in [2.75, 3.05) is 24.7 Å². The van der Waals surface area contributed by atoms with Crippen LogP contribution in [0.2, 0.25) is 0 Å². The van der Waals surface area contributed by atoms with Gasteiger partial charge in [0.1, 0.15) is 0 Å². The molecule has 1 rings (SSSR count). The van der Waals surface area contributed by atoms with Crippen molar-refractivity contribution in [3.05, 3.63) is 0 Å². The van der Waals surface area contributed by atoms with Crippen molar-refractivity contribution in [1.82, 2.24) is 5.32 Å². The minimum absolute atomic E-state index is 0.557. The highest BCUT2D eigenvalue weighted by Gasteiger charge is 2.14. The molecule has 2 atom stereocenters. The summed E-state index contributed by atoms with van der Waals surface area (Å²) in [4.78, 5) is 0. The largest absolute Gasteiger partial charge is 0.377 e. The minimum atomic E-state index is 0.557. The Bertz CT molecular complexity index is 149. The van der Waals surface area contributed by atoms with Crippen LogP contribution in [0.5, 0.6) is 0 Å². The third-order valence-corrected chi connectivity index (χ3v) is 3.99. The molecule has 2 unspecified atom stereocenters. The Morgan fingerprint density at radius 3 is 3.07 bits per heavy atom. The van der Waals surface area contributed by atoms with Crippen molar-refractivity contribution in [2.45, 2.75) is 51.7 Å². The zero-order valence-corrected chi connectivity index (χ0v) is 10.9. The highest BCUT2D eigenvalue weighted by molar-refractivity contribution is 7.99. The lowest BCUT2D eigenvalue weighted by Gasteiger charge is -2.12. The molecule has 0 amide bonds. The average molecular weight is 231 g/mol. The van der Waals surface area contributed by atoms with Gasteiger partial charge in [-0.05, 0) is 44.9 Å². The van der Waals surface area contributed by atoms with Gasteiger partial charge < -0.3 is 10.1 Å². The minimum Gasteiger partial charge on any atom is -0.377 e. The van der Waals surface area contributed by atoms with Gasteiger partial charge in [-0.15, -0.1) is 0 Å². The molecule has 1 heterocycles. The van der Waals surface area contributed by atoms with Gasteiger partial charge in [-0.1, -0.05) is 6.92 Å². The summed E-state index contributed by atoms with van der Waals surface area (Å²) in [6, 6.07) is 0.679. The number of rotatable bonds is 8. The van der Waals surface area contributed by atoms with Gasteiger partial charge in [-0.2, -0.15) is 11.8 Å². The smallest absolute Gasteiger partial charge is 0.0666 e. The first kappa shape index (κ1) is 13.3. The molecule has 1 aliphatic heterocycles. The highest BCUT2D eigenvalue weighted by atomic mass is 32.2. The van der Waals surface area contributed by atoms with E-state index in [1.165, 1.54) is 37.2 Å². The highest BCUT2D eigenvalue weighted by Crippen LogP contribution is 2.17. The van der Waals surface area contributed by atoms with Crippen LogP contribution in [0, 0.1) is 0 Å². The second-order valence-corrected chi connectivity index (χ2v) is 5.46. The first-order valence-electron chi connectivity index (χ1n) is 6.25. The number of ether oxygens (including phenoxy) is 1. The van der Waals surface area contributed by atoms with E-state index in [-0.39, 0.29) is 0 Å². The third kappa shape index (κ3) is 6.44. The second-order valence-electron chi connectivity index (χ2n) is 4.31. The average Bonchev–Trinajstić information content (AvgIpc) is 2.70. The Hall–Kier alpha value is 0.270. The SMILES string of the molecule is CCNC(C)CCCSCC1CCCO1. The number of nitrogens with one attached hydrogen (secondary N) is 1. The molecule has 0 aromatic carbocycles. The van der Waals surface area contributed by atoms with Crippen LogP contribution < -0.4 is 5.32 Å². The van der Waals surface area contributed by atoms with Gasteiger partial charge >= 0.3 is 0 Å². The summed E-state index contributed by atoms with van der Waals surface area (Å²) in [5, 5.41) is 3.44. The van der Waals surface area contributed by atoms with Gasteiger partial charge in [0.15, 0.2) is 0 Å². The summed E-state index contributed by atoms with van der Waals surface area (Å²) in [6.45, 7) is 6.52. The zero-order chi connectivity index (χ0) is 10.9. The molecule has 1 aliphatic rings. The lowest BCUT2D eigenvalue weighted by molar-refractivity contribution is 0.129. The van der Waals surface area contributed by atoms with E-state index in [1.807, 2.05) is 0 Å². The van der Waals surface area contributed by atoms with Gasteiger partial charge in [0, 0.05) is 18.4 Å². The topological polar surface area (TPSA) is 21.3 Å². The molecular formula is C12H25NOS. The van der Waals surface area contributed by atoms with Gasteiger partial charge in [-0.3, -0.25) is 0 Å². The Morgan fingerprint density at radius 2 is 2.40 bits per heavy atom. The van der Waals surface area contributed by atoms with E-state index in [0.29, 0.717) is 12.1 Å². The van der Waals surface area contributed by atoms with E-state index in [1.54, 1.807) is 0 Å². The fourth-order valence-electron chi connectivity index (χ4n) is 1.93. The predicted molar refractivity (Wildman–Crippen MR) is 68.7 cm³/mol. The van der Waals surface area contributed by atoms with Crippen molar-refractivity contribution < 1.29 is 4.74 Å². The lowest BCUT2D eigenvalue weighted by Crippen LogP contribution is -2.25. The van der Waals surface area contributed by atoms with Crippen LogP contribution in [0.4, 0.5) is 0 Å².